The fourth-order valence-corrected chi connectivity index (χ4v) is 1.27. The second-order valence-electron chi connectivity index (χ2n) is 3.95. The SMILES string of the molecule is CC(C)C(=O)NC(CO)c1ccc(F)cc1. The van der Waals surface area contributed by atoms with Crippen molar-refractivity contribution in [3.05, 3.63) is 35.6 Å². The van der Waals surface area contributed by atoms with Gasteiger partial charge in [0.15, 0.2) is 0 Å². The molecule has 1 aromatic carbocycles. The third-order valence-electron chi connectivity index (χ3n) is 2.30. The van der Waals surface area contributed by atoms with Crippen molar-refractivity contribution in [2.75, 3.05) is 6.61 Å². The number of nitrogens with one attached hydrogen (secondary N) is 1. The van der Waals surface area contributed by atoms with E-state index >= 15 is 0 Å². The first kappa shape index (κ1) is 12.6. The van der Waals surface area contributed by atoms with Crippen LogP contribution in [-0.4, -0.2) is 17.6 Å². The van der Waals surface area contributed by atoms with E-state index in [1.54, 1.807) is 26.0 Å². The number of benzene rings is 1. The molecule has 0 aromatic heterocycles. The number of hydrogen-bond donors (Lipinski definition) is 2. The summed E-state index contributed by atoms with van der Waals surface area (Å²) in [6.45, 7) is 3.34. The van der Waals surface area contributed by atoms with E-state index in [2.05, 4.69) is 5.32 Å². The van der Waals surface area contributed by atoms with E-state index in [0.717, 1.165) is 0 Å². The molecule has 1 atom stereocenters. The molecule has 4 heteroatoms. The molecule has 0 heterocycles. The highest BCUT2D eigenvalue weighted by Gasteiger charge is 2.15. The number of carbonyl (C=O) groups excluding carboxylic acids is 1. The Bertz CT molecular complexity index is 349. The van der Waals surface area contributed by atoms with E-state index in [-0.39, 0.29) is 24.2 Å². The van der Waals surface area contributed by atoms with Crippen LogP contribution in [0.4, 0.5) is 4.39 Å². The van der Waals surface area contributed by atoms with Crippen LogP contribution in [0.3, 0.4) is 0 Å². The lowest BCUT2D eigenvalue weighted by Gasteiger charge is -2.18. The van der Waals surface area contributed by atoms with Crippen molar-refractivity contribution in [3.8, 4) is 0 Å². The zero-order chi connectivity index (χ0) is 12.1. The van der Waals surface area contributed by atoms with E-state index in [9.17, 15) is 14.3 Å². The van der Waals surface area contributed by atoms with Gasteiger partial charge in [-0.2, -0.15) is 0 Å². The minimum atomic E-state index is -0.476. The van der Waals surface area contributed by atoms with E-state index in [1.165, 1.54) is 12.1 Å². The van der Waals surface area contributed by atoms with E-state index in [4.69, 9.17) is 0 Å². The quantitative estimate of drug-likeness (QED) is 0.818. The molecule has 1 rings (SSSR count). The maximum Gasteiger partial charge on any atom is 0.223 e. The largest absolute Gasteiger partial charge is 0.394 e. The molecule has 1 unspecified atom stereocenters. The van der Waals surface area contributed by atoms with Gasteiger partial charge in [0.25, 0.3) is 0 Å². The van der Waals surface area contributed by atoms with Gasteiger partial charge in [0.1, 0.15) is 5.82 Å². The Morgan fingerprint density at radius 1 is 1.38 bits per heavy atom. The lowest BCUT2D eigenvalue weighted by molar-refractivity contribution is -0.125. The molecule has 0 fully saturated rings. The number of aliphatic hydroxyl groups excluding tert-OH is 1. The zero-order valence-electron chi connectivity index (χ0n) is 9.40. The number of aliphatic hydroxyl groups is 1. The molecule has 0 radical (unpaired) electrons. The predicted molar refractivity (Wildman–Crippen MR) is 59.2 cm³/mol. The van der Waals surface area contributed by atoms with Gasteiger partial charge >= 0.3 is 0 Å². The topological polar surface area (TPSA) is 49.3 Å². The van der Waals surface area contributed by atoms with Gasteiger partial charge in [-0.1, -0.05) is 26.0 Å². The fourth-order valence-electron chi connectivity index (χ4n) is 1.27. The molecule has 0 aliphatic heterocycles. The van der Waals surface area contributed by atoms with Crippen LogP contribution >= 0.6 is 0 Å². The van der Waals surface area contributed by atoms with Crippen LogP contribution in [-0.2, 0) is 4.79 Å². The normalized spacial score (nSPS) is 12.6. The number of halogens is 1. The van der Waals surface area contributed by atoms with Crippen molar-refractivity contribution in [2.24, 2.45) is 5.92 Å². The molecular weight excluding hydrogens is 209 g/mol. The van der Waals surface area contributed by atoms with Crippen molar-refractivity contribution in [3.63, 3.8) is 0 Å². The van der Waals surface area contributed by atoms with Crippen molar-refractivity contribution in [2.45, 2.75) is 19.9 Å². The number of rotatable bonds is 4. The summed E-state index contributed by atoms with van der Waals surface area (Å²) < 4.78 is 12.7. The molecule has 0 spiro atoms. The molecule has 16 heavy (non-hydrogen) atoms. The van der Waals surface area contributed by atoms with Crippen molar-refractivity contribution >= 4 is 5.91 Å². The Balaban J connectivity index is 2.74. The average Bonchev–Trinajstić information content (AvgIpc) is 2.26. The zero-order valence-corrected chi connectivity index (χ0v) is 9.40. The Kier molecular flexibility index (Phi) is 4.43. The van der Waals surface area contributed by atoms with Gasteiger partial charge in [-0.25, -0.2) is 4.39 Å². The lowest BCUT2D eigenvalue weighted by atomic mass is 10.1. The summed E-state index contributed by atoms with van der Waals surface area (Å²) in [5.74, 6) is -0.617. The summed E-state index contributed by atoms with van der Waals surface area (Å²) in [6, 6.07) is 5.24. The molecule has 0 aliphatic carbocycles. The number of amides is 1. The van der Waals surface area contributed by atoms with Gasteiger partial charge in [-0.3, -0.25) is 4.79 Å². The monoisotopic (exact) mass is 225 g/mol. The lowest BCUT2D eigenvalue weighted by Crippen LogP contribution is -2.33. The fraction of sp³-hybridized carbons (Fsp3) is 0.417. The molecular formula is C12H16FNO2. The van der Waals surface area contributed by atoms with Crippen LogP contribution < -0.4 is 5.32 Å². The van der Waals surface area contributed by atoms with Crippen LogP contribution in [0, 0.1) is 11.7 Å². The molecule has 88 valence electrons. The van der Waals surface area contributed by atoms with Gasteiger partial charge in [0, 0.05) is 5.92 Å². The molecule has 0 saturated carbocycles. The molecule has 0 bridgehead atoms. The Morgan fingerprint density at radius 2 is 1.94 bits per heavy atom. The van der Waals surface area contributed by atoms with Crippen LogP contribution in [0.25, 0.3) is 0 Å². The Labute approximate surface area is 94.3 Å². The van der Waals surface area contributed by atoms with E-state index in [0.29, 0.717) is 5.56 Å². The molecule has 0 saturated heterocycles. The average molecular weight is 225 g/mol. The van der Waals surface area contributed by atoms with E-state index in [1.807, 2.05) is 0 Å². The van der Waals surface area contributed by atoms with Gasteiger partial charge in [-0.15, -0.1) is 0 Å². The third-order valence-corrected chi connectivity index (χ3v) is 2.30. The summed E-state index contributed by atoms with van der Waals surface area (Å²) in [7, 11) is 0. The first-order valence-electron chi connectivity index (χ1n) is 5.21. The minimum Gasteiger partial charge on any atom is -0.394 e. The molecule has 1 aromatic rings. The summed E-state index contributed by atoms with van der Waals surface area (Å²) in [4.78, 5) is 11.5. The number of carbonyl (C=O) groups is 1. The third kappa shape index (κ3) is 3.31. The van der Waals surface area contributed by atoms with Crippen LogP contribution in [0.15, 0.2) is 24.3 Å². The van der Waals surface area contributed by atoms with Crippen molar-refractivity contribution in [1.82, 2.24) is 5.32 Å². The number of hydrogen-bond acceptors (Lipinski definition) is 2. The van der Waals surface area contributed by atoms with E-state index < -0.39 is 6.04 Å². The Hall–Kier alpha value is -1.42. The first-order chi connectivity index (χ1) is 7.54. The summed E-state index contributed by atoms with van der Waals surface area (Å²) in [6.07, 6.45) is 0. The van der Waals surface area contributed by atoms with Gasteiger partial charge in [-0.05, 0) is 17.7 Å². The molecule has 0 aliphatic rings. The highest BCUT2D eigenvalue weighted by Crippen LogP contribution is 2.13. The predicted octanol–water partition coefficient (Wildman–Crippen LogP) is 1.63. The van der Waals surface area contributed by atoms with Crippen LogP contribution in [0.1, 0.15) is 25.5 Å². The maximum absolute atomic E-state index is 12.7. The smallest absolute Gasteiger partial charge is 0.223 e. The molecule has 1 amide bonds. The van der Waals surface area contributed by atoms with Crippen LogP contribution in [0.5, 0.6) is 0 Å². The summed E-state index contributed by atoms with van der Waals surface area (Å²) >= 11 is 0. The highest BCUT2D eigenvalue weighted by atomic mass is 19.1. The Morgan fingerprint density at radius 3 is 2.38 bits per heavy atom. The van der Waals surface area contributed by atoms with Gasteiger partial charge in [0.05, 0.1) is 12.6 Å². The first-order valence-corrected chi connectivity index (χ1v) is 5.21. The second-order valence-corrected chi connectivity index (χ2v) is 3.95. The minimum absolute atomic E-state index is 0.136. The molecule has 3 nitrogen and oxygen atoms in total. The van der Waals surface area contributed by atoms with Crippen LogP contribution in [0.2, 0.25) is 0 Å². The highest BCUT2D eigenvalue weighted by molar-refractivity contribution is 5.78. The summed E-state index contributed by atoms with van der Waals surface area (Å²) in [5.41, 5.74) is 0.693. The molecule has 2 N–H and O–H groups in total. The summed E-state index contributed by atoms with van der Waals surface area (Å²) in [5, 5.41) is 11.9. The van der Waals surface area contributed by atoms with Crippen molar-refractivity contribution < 1.29 is 14.3 Å². The van der Waals surface area contributed by atoms with Crippen molar-refractivity contribution in [1.29, 1.82) is 0 Å². The second kappa shape index (κ2) is 5.61. The van der Waals surface area contributed by atoms with Gasteiger partial charge in [0.2, 0.25) is 5.91 Å². The maximum atomic E-state index is 12.7. The van der Waals surface area contributed by atoms with Gasteiger partial charge < -0.3 is 10.4 Å². The standard InChI is InChI=1S/C12H16FNO2/c1-8(2)12(16)14-11(7-15)9-3-5-10(13)6-4-9/h3-6,8,11,15H,7H2,1-2H3,(H,14,16).